The zero-order valence-electron chi connectivity index (χ0n) is 10.2. The van der Waals surface area contributed by atoms with Gasteiger partial charge in [-0.2, -0.15) is 0 Å². The summed E-state index contributed by atoms with van der Waals surface area (Å²) in [6.45, 7) is 3.98. The van der Waals surface area contributed by atoms with Gasteiger partial charge in [0.25, 0.3) is 0 Å². The van der Waals surface area contributed by atoms with Gasteiger partial charge in [-0.05, 0) is 32.0 Å². The maximum absolute atomic E-state index is 5.94. The molecule has 0 saturated heterocycles. The maximum atomic E-state index is 5.94. The van der Waals surface area contributed by atoms with E-state index >= 15 is 0 Å². The van der Waals surface area contributed by atoms with Crippen LogP contribution in [-0.2, 0) is 0 Å². The lowest BCUT2D eigenvalue weighted by Crippen LogP contribution is -2.10. The molecular weight excluding hydrogens is 212 g/mol. The van der Waals surface area contributed by atoms with Crippen LogP contribution in [0, 0.1) is 0 Å². The Morgan fingerprint density at radius 1 is 1.12 bits per heavy atom. The predicted octanol–water partition coefficient (Wildman–Crippen LogP) is 3.17. The number of benzene rings is 1. The quantitative estimate of drug-likeness (QED) is 0.847. The minimum Gasteiger partial charge on any atom is -0.484 e. The first-order chi connectivity index (χ1) is 8.18. The fraction of sp³-hybridized carbons (Fsp3) is 0.286. The monoisotopic (exact) mass is 230 g/mol. The molecule has 90 valence electrons. The first-order valence-electron chi connectivity index (χ1n) is 5.83. The molecule has 17 heavy (non-hydrogen) atoms. The van der Waals surface area contributed by atoms with Crippen LogP contribution in [0.15, 0.2) is 42.6 Å². The van der Waals surface area contributed by atoms with E-state index in [1.165, 1.54) is 0 Å². The smallest absolute Gasteiger partial charge is 0.136 e. The standard InChI is InChI=1S/C14H18N2O/c1-10(15)12-6-3-4-8-14(12)17-11(2)13-7-5-9-16-13/h3-11,16H,15H2,1-2H3. The molecule has 0 amide bonds. The number of aromatic nitrogens is 1. The van der Waals surface area contributed by atoms with Gasteiger partial charge in [-0.15, -0.1) is 0 Å². The SMILES string of the molecule is CC(N)c1ccccc1OC(C)c1ccc[nH]1. The Labute approximate surface area is 102 Å². The number of H-pyrrole nitrogens is 1. The van der Waals surface area contributed by atoms with Gasteiger partial charge in [-0.3, -0.25) is 0 Å². The van der Waals surface area contributed by atoms with Crippen molar-refractivity contribution in [2.75, 3.05) is 0 Å². The van der Waals surface area contributed by atoms with E-state index in [4.69, 9.17) is 10.5 Å². The minimum atomic E-state index is -0.0259. The number of nitrogens with one attached hydrogen (secondary N) is 1. The molecule has 2 unspecified atom stereocenters. The van der Waals surface area contributed by atoms with Crippen molar-refractivity contribution in [1.29, 1.82) is 0 Å². The zero-order chi connectivity index (χ0) is 12.3. The summed E-state index contributed by atoms with van der Waals surface area (Å²) in [6.07, 6.45) is 1.89. The van der Waals surface area contributed by atoms with Crippen LogP contribution < -0.4 is 10.5 Å². The molecule has 3 N–H and O–H groups in total. The lowest BCUT2D eigenvalue weighted by atomic mass is 10.1. The topological polar surface area (TPSA) is 51.0 Å². The van der Waals surface area contributed by atoms with Gasteiger partial charge in [-0.25, -0.2) is 0 Å². The average molecular weight is 230 g/mol. The van der Waals surface area contributed by atoms with Gasteiger partial charge < -0.3 is 15.5 Å². The van der Waals surface area contributed by atoms with Crippen LogP contribution in [0.3, 0.4) is 0 Å². The number of hydrogen-bond acceptors (Lipinski definition) is 2. The zero-order valence-corrected chi connectivity index (χ0v) is 10.2. The van der Waals surface area contributed by atoms with E-state index in [2.05, 4.69) is 4.98 Å². The maximum Gasteiger partial charge on any atom is 0.136 e. The van der Waals surface area contributed by atoms with Gasteiger partial charge >= 0.3 is 0 Å². The summed E-state index contributed by atoms with van der Waals surface area (Å²) in [4.78, 5) is 3.15. The lowest BCUT2D eigenvalue weighted by molar-refractivity contribution is 0.219. The molecule has 2 atom stereocenters. The molecule has 1 aromatic heterocycles. The molecule has 3 nitrogen and oxygen atoms in total. The predicted molar refractivity (Wildman–Crippen MR) is 68.9 cm³/mol. The number of ether oxygens (including phenoxy) is 1. The Balaban J connectivity index is 2.18. The largest absolute Gasteiger partial charge is 0.484 e. The molecule has 0 aliphatic carbocycles. The molecule has 1 aromatic carbocycles. The number of nitrogens with two attached hydrogens (primary N) is 1. The summed E-state index contributed by atoms with van der Waals surface area (Å²) in [5.41, 5.74) is 8.01. The van der Waals surface area contributed by atoms with E-state index in [9.17, 15) is 0 Å². The van der Waals surface area contributed by atoms with Crippen molar-refractivity contribution in [2.24, 2.45) is 5.73 Å². The molecule has 3 heteroatoms. The van der Waals surface area contributed by atoms with E-state index in [1.54, 1.807) is 0 Å². The average Bonchev–Trinajstić information content (AvgIpc) is 2.83. The highest BCUT2D eigenvalue weighted by atomic mass is 16.5. The fourth-order valence-electron chi connectivity index (χ4n) is 1.82. The van der Waals surface area contributed by atoms with E-state index in [-0.39, 0.29) is 12.1 Å². The Hall–Kier alpha value is -1.74. The highest BCUT2D eigenvalue weighted by Gasteiger charge is 2.12. The number of rotatable bonds is 4. The van der Waals surface area contributed by atoms with Crippen molar-refractivity contribution in [1.82, 2.24) is 4.98 Å². The molecule has 0 aliphatic heterocycles. The van der Waals surface area contributed by atoms with Crippen LogP contribution in [0.1, 0.15) is 37.3 Å². The van der Waals surface area contributed by atoms with Gasteiger partial charge in [0.05, 0.1) is 5.69 Å². The molecule has 2 rings (SSSR count). The van der Waals surface area contributed by atoms with Gasteiger partial charge in [0.1, 0.15) is 11.9 Å². The van der Waals surface area contributed by atoms with Crippen molar-refractivity contribution in [3.05, 3.63) is 53.9 Å². The molecule has 2 aromatic rings. The summed E-state index contributed by atoms with van der Waals surface area (Å²) in [6, 6.07) is 11.8. The third-order valence-electron chi connectivity index (χ3n) is 2.77. The molecule has 0 aliphatic rings. The first-order valence-corrected chi connectivity index (χ1v) is 5.83. The first kappa shape index (κ1) is 11.7. The lowest BCUT2D eigenvalue weighted by Gasteiger charge is -2.18. The summed E-state index contributed by atoms with van der Waals surface area (Å²) >= 11 is 0. The van der Waals surface area contributed by atoms with Crippen LogP contribution in [0.2, 0.25) is 0 Å². The van der Waals surface area contributed by atoms with Crippen LogP contribution in [0.5, 0.6) is 5.75 Å². The fourth-order valence-corrected chi connectivity index (χ4v) is 1.82. The molecule has 0 spiro atoms. The van der Waals surface area contributed by atoms with Crippen LogP contribution in [0.4, 0.5) is 0 Å². The second kappa shape index (κ2) is 5.06. The molecular formula is C14H18N2O. The van der Waals surface area contributed by atoms with Gasteiger partial charge in [-0.1, -0.05) is 18.2 Å². The van der Waals surface area contributed by atoms with E-state index in [0.717, 1.165) is 17.0 Å². The van der Waals surface area contributed by atoms with Gasteiger partial charge in [0, 0.05) is 17.8 Å². The third kappa shape index (κ3) is 2.68. The number of hydrogen-bond donors (Lipinski definition) is 2. The van der Waals surface area contributed by atoms with Crippen molar-refractivity contribution in [3.63, 3.8) is 0 Å². The van der Waals surface area contributed by atoms with Crippen molar-refractivity contribution in [2.45, 2.75) is 26.0 Å². The number of para-hydroxylation sites is 1. The Bertz CT molecular complexity index is 463. The molecule has 0 saturated carbocycles. The Morgan fingerprint density at radius 3 is 2.53 bits per heavy atom. The Morgan fingerprint density at radius 2 is 1.88 bits per heavy atom. The normalized spacial score (nSPS) is 14.3. The van der Waals surface area contributed by atoms with Crippen molar-refractivity contribution < 1.29 is 4.74 Å². The summed E-state index contributed by atoms with van der Waals surface area (Å²) in [5, 5.41) is 0. The highest BCUT2D eigenvalue weighted by molar-refractivity contribution is 5.35. The van der Waals surface area contributed by atoms with Gasteiger partial charge in [0.2, 0.25) is 0 Å². The van der Waals surface area contributed by atoms with Crippen LogP contribution in [-0.4, -0.2) is 4.98 Å². The molecule has 0 bridgehead atoms. The van der Waals surface area contributed by atoms with Crippen LogP contribution in [0.25, 0.3) is 0 Å². The van der Waals surface area contributed by atoms with E-state index < -0.39 is 0 Å². The second-order valence-corrected chi connectivity index (χ2v) is 4.21. The molecule has 0 radical (unpaired) electrons. The minimum absolute atomic E-state index is 0.00935. The molecule has 0 fully saturated rings. The van der Waals surface area contributed by atoms with Crippen molar-refractivity contribution >= 4 is 0 Å². The summed E-state index contributed by atoms with van der Waals surface area (Å²) in [7, 11) is 0. The molecule has 1 heterocycles. The van der Waals surface area contributed by atoms with E-state index in [1.807, 2.05) is 56.4 Å². The second-order valence-electron chi connectivity index (χ2n) is 4.21. The van der Waals surface area contributed by atoms with Crippen LogP contribution >= 0.6 is 0 Å². The van der Waals surface area contributed by atoms with Crippen molar-refractivity contribution in [3.8, 4) is 5.75 Å². The summed E-state index contributed by atoms with van der Waals surface area (Å²) < 4.78 is 5.94. The Kier molecular flexibility index (Phi) is 3.49. The van der Waals surface area contributed by atoms with E-state index in [0.29, 0.717) is 0 Å². The third-order valence-corrected chi connectivity index (χ3v) is 2.77. The number of aromatic amines is 1. The highest BCUT2D eigenvalue weighted by Crippen LogP contribution is 2.27. The summed E-state index contributed by atoms with van der Waals surface area (Å²) in [5.74, 6) is 0.851. The van der Waals surface area contributed by atoms with Gasteiger partial charge in [0.15, 0.2) is 0 Å².